The Kier molecular flexibility index (Phi) is 5.07. The molecule has 3 N–H and O–H groups in total. The molecule has 0 saturated heterocycles. The zero-order valence-electron chi connectivity index (χ0n) is 14.6. The number of hydrogen-bond acceptors (Lipinski definition) is 8. The standard InChI is InChI=1S/C16H16Cl2N6O3/c1-16(2,3)10(15(25)26)20-12-11(21-13-14(22-12)24-27-23-13)19-7-4-5-8(17)9(18)6-7/h4-6,10H,1-3H3,(H,25,26)(H,19,21,23)(H,20,22,24). The number of aliphatic carboxylic acids is 1. The summed E-state index contributed by atoms with van der Waals surface area (Å²) in [6.07, 6.45) is 0. The highest BCUT2D eigenvalue weighted by Crippen LogP contribution is 2.31. The molecule has 11 heteroatoms. The molecule has 3 rings (SSSR count). The van der Waals surface area contributed by atoms with E-state index in [1.807, 2.05) is 0 Å². The molecular formula is C16H16Cl2N6O3. The number of fused-ring (bicyclic) bond motifs is 1. The van der Waals surface area contributed by atoms with E-state index < -0.39 is 17.4 Å². The molecular weight excluding hydrogens is 395 g/mol. The van der Waals surface area contributed by atoms with Gasteiger partial charge in [-0.2, -0.15) is 0 Å². The van der Waals surface area contributed by atoms with E-state index in [0.29, 0.717) is 15.7 Å². The van der Waals surface area contributed by atoms with Crippen LogP contribution in [-0.2, 0) is 4.79 Å². The van der Waals surface area contributed by atoms with Gasteiger partial charge in [-0.15, -0.1) is 0 Å². The number of rotatable bonds is 5. The van der Waals surface area contributed by atoms with Crippen LogP contribution in [0.4, 0.5) is 17.3 Å². The lowest BCUT2D eigenvalue weighted by Gasteiger charge is -2.28. The monoisotopic (exact) mass is 410 g/mol. The van der Waals surface area contributed by atoms with E-state index in [0.717, 1.165) is 0 Å². The smallest absolute Gasteiger partial charge is 0.326 e. The fraction of sp³-hybridized carbons (Fsp3) is 0.312. The highest BCUT2D eigenvalue weighted by atomic mass is 35.5. The maximum atomic E-state index is 11.7. The van der Waals surface area contributed by atoms with Crippen LogP contribution >= 0.6 is 23.2 Å². The zero-order valence-corrected chi connectivity index (χ0v) is 16.1. The summed E-state index contributed by atoms with van der Waals surface area (Å²) in [5.41, 5.74) is 0.312. The third-order valence-electron chi connectivity index (χ3n) is 3.69. The second-order valence-corrected chi connectivity index (χ2v) is 7.68. The molecule has 3 aromatic rings. The van der Waals surface area contributed by atoms with Crippen LogP contribution in [0.15, 0.2) is 22.8 Å². The molecule has 1 unspecified atom stereocenters. The third-order valence-corrected chi connectivity index (χ3v) is 4.43. The molecule has 2 aromatic heterocycles. The molecule has 0 amide bonds. The van der Waals surface area contributed by atoms with Crippen molar-refractivity contribution in [2.24, 2.45) is 5.41 Å². The van der Waals surface area contributed by atoms with E-state index in [4.69, 9.17) is 23.2 Å². The minimum Gasteiger partial charge on any atom is -0.480 e. The molecule has 0 radical (unpaired) electrons. The van der Waals surface area contributed by atoms with Crippen LogP contribution in [0.1, 0.15) is 20.8 Å². The van der Waals surface area contributed by atoms with Crippen molar-refractivity contribution in [1.29, 1.82) is 0 Å². The summed E-state index contributed by atoms with van der Waals surface area (Å²) in [5.74, 6) is -0.596. The van der Waals surface area contributed by atoms with Crippen LogP contribution in [0.5, 0.6) is 0 Å². The second kappa shape index (κ2) is 7.16. The van der Waals surface area contributed by atoms with Gasteiger partial charge in [-0.25, -0.2) is 19.4 Å². The first-order chi connectivity index (χ1) is 12.6. The number of nitrogens with one attached hydrogen (secondary N) is 2. The van der Waals surface area contributed by atoms with Crippen LogP contribution in [0.2, 0.25) is 10.0 Å². The highest BCUT2D eigenvalue weighted by molar-refractivity contribution is 6.42. The largest absolute Gasteiger partial charge is 0.480 e. The van der Waals surface area contributed by atoms with E-state index in [1.54, 1.807) is 39.0 Å². The van der Waals surface area contributed by atoms with Gasteiger partial charge in [0.1, 0.15) is 6.04 Å². The normalized spacial score (nSPS) is 12.8. The van der Waals surface area contributed by atoms with Gasteiger partial charge < -0.3 is 15.7 Å². The average molecular weight is 411 g/mol. The number of nitrogens with zero attached hydrogens (tertiary/aromatic N) is 4. The fourth-order valence-electron chi connectivity index (χ4n) is 2.32. The Labute approximate surface area is 164 Å². The molecule has 1 aromatic carbocycles. The minimum atomic E-state index is -1.02. The van der Waals surface area contributed by atoms with Gasteiger partial charge in [-0.3, -0.25) is 0 Å². The van der Waals surface area contributed by atoms with Crippen molar-refractivity contribution in [3.63, 3.8) is 0 Å². The maximum Gasteiger partial charge on any atom is 0.326 e. The van der Waals surface area contributed by atoms with Crippen LogP contribution in [-0.4, -0.2) is 37.4 Å². The van der Waals surface area contributed by atoms with Gasteiger partial charge in [0.15, 0.2) is 11.6 Å². The van der Waals surface area contributed by atoms with Crippen molar-refractivity contribution in [3.05, 3.63) is 28.2 Å². The van der Waals surface area contributed by atoms with Gasteiger partial charge >= 0.3 is 5.97 Å². The fourth-order valence-corrected chi connectivity index (χ4v) is 2.62. The van der Waals surface area contributed by atoms with Crippen molar-refractivity contribution in [3.8, 4) is 0 Å². The van der Waals surface area contributed by atoms with Gasteiger partial charge in [-0.1, -0.05) is 44.0 Å². The van der Waals surface area contributed by atoms with E-state index in [-0.39, 0.29) is 22.9 Å². The van der Waals surface area contributed by atoms with Crippen LogP contribution < -0.4 is 10.6 Å². The van der Waals surface area contributed by atoms with Crippen molar-refractivity contribution in [2.45, 2.75) is 26.8 Å². The van der Waals surface area contributed by atoms with E-state index in [9.17, 15) is 9.90 Å². The Morgan fingerprint density at radius 2 is 1.74 bits per heavy atom. The number of anilines is 3. The third kappa shape index (κ3) is 4.20. The zero-order chi connectivity index (χ0) is 19.8. The van der Waals surface area contributed by atoms with E-state index in [1.165, 1.54) is 0 Å². The number of aromatic nitrogens is 4. The predicted octanol–water partition coefficient (Wildman–Crippen LogP) is 3.97. The molecule has 1 atom stereocenters. The molecule has 0 saturated carbocycles. The Hall–Kier alpha value is -2.65. The van der Waals surface area contributed by atoms with Gasteiger partial charge in [-0.05, 0) is 33.9 Å². The molecule has 0 aliphatic carbocycles. The number of carboxylic acids is 1. The van der Waals surface area contributed by atoms with E-state index >= 15 is 0 Å². The Morgan fingerprint density at radius 1 is 1.11 bits per heavy atom. The average Bonchev–Trinajstić information content (AvgIpc) is 3.01. The van der Waals surface area contributed by atoms with Crippen molar-refractivity contribution < 1.29 is 14.5 Å². The number of carbonyl (C=O) groups is 1. The number of carboxylic acid groups (broad SMARTS) is 1. The summed E-state index contributed by atoms with van der Waals surface area (Å²) in [5, 5.41) is 23.6. The summed E-state index contributed by atoms with van der Waals surface area (Å²) in [7, 11) is 0. The SMILES string of the molecule is CC(C)(C)C(Nc1nc2nonc2nc1Nc1ccc(Cl)c(Cl)c1)C(=O)O. The molecule has 0 spiro atoms. The lowest BCUT2D eigenvalue weighted by molar-refractivity contribution is -0.140. The van der Waals surface area contributed by atoms with Crippen LogP contribution in [0.3, 0.4) is 0 Å². The predicted molar refractivity (Wildman–Crippen MR) is 102 cm³/mol. The number of halogens is 2. The maximum absolute atomic E-state index is 11.7. The Morgan fingerprint density at radius 3 is 2.30 bits per heavy atom. The molecule has 0 bridgehead atoms. The topological polar surface area (TPSA) is 126 Å². The summed E-state index contributed by atoms with van der Waals surface area (Å²) in [6.45, 7) is 5.40. The lowest BCUT2D eigenvalue weighted by Crippen LogP contribution is -2.41. The van der Waals surface area contributed by atoms with Gasteiger partial charge in [0, 0.05) is 5.69 Å². The summed E-state index contributed by atoms with van der Waals surface area (Å²) >= 11 is 12.0. The molecule has 142 valence electrons. The molecule has 9 nitrogen and oxygen atoms in total. The van der Waals surface area contributed by atoms with E-state index in [2.05, 4.69) is 35.5 Å². The quantitative estimate of drug-likeness (QED) is 0.571. The molecule has 0 fully saturated rings. The van der Waals surface area contributed by atoms with Gasteiger partial charge in [0.25, 0.3) is 0 Å². The number of benzene rings is 1. The number of hydrogen-bond donors (Lipinski definition) is 3. The Balaban J connectivity index is 2.03. The molecule has 0 aliphatic rings. The second-order valence-electron chi connectivity index (χ2n) is 6.87. The first kappa shape index (κ1) is 19.1. The molecule has 27 heavy (non-hydrogen) atoms. The van der Waals surface area contributed by atoms with Crippen molar-refractivity contribution in [2.75, 3.05) is 10.6 Å². The first-order valence-electron chi connectivity index (χ1n) is 7.87. The first-order valence-corrected chi connectivity index (χ1v) is 8.62. The molecule has 2 heterocycles. The van der Waals surface area contributed by atoms with Crippen LogP contribution in [0.25, 0.3) is 11.3 Å². The Bertz CT molecular complexity index is 1000. The summed E-state index contributed by atoms with van der Waals surface area (Å²) < 4.78 is 4.64. The van der Waals surface area contributed by atoms with Gasteiger partial charge in [0.2, 0.25) is 11.3 Å². The summed E-state index contributed by atoms with van der Waals surface area (Å²) in [4.78, 5) is 20.3. The highest BCUT2D eigenvalue weighted by Gasteiger charge is 2.32. The summed E-state index contributed by atoms with van der Waals surface area (Å²) in [6, 6.07) is 4.00. The molecule has 0 aliphatic heterocycles. The van der Waals surface area contributed by atoms with Crippen molar-refractivity contribution in [1.82, 2.24) is 20.3 Å². The van der Waals surface area contributed by atoms with Crippen LogP contribution in [0, 0.1) is 5.41 Å². The minimum absolute atomic E-state index is 0.148. The van der Waals surface area contributed by atoms with Crippen molar-refractivity contribution >= 4 is 57.8 Å². The lowest BCUT2D eigenvalue weighted by atomic mass is 9.87. The van der Waals surface area contributed by atoms with Gasteiger partial charge in [0.05, 0.1) is 10.0 Å².